The molecule has 0 spiro atoms. The first-order valence-corrected chi connectivity index (χ1v) is 8.84. The first kappa shape index (κ1) is 18.8. The standard InChI is InChI=1S/C19H25N5O3/c1-5-12(2)18(25)23-6-8-24(9-7-23)19-21-14-11-16(27-4)15(26-3)10-13(14)17(20)22-19/h5,10-11H,6-9H2,1-4H3,(H2,20,21,22)/b12-5+. The average Bonchev–Trinajstić information content (AvgIpc) is 2.71. The zero-order chi connectivity index (χ0) is 19.6. The van der Waals surface area contributed by atoms with Gasteiger partial charge in [-0.1, -0.05) is 6.08 Å². The molecule has 2 aromatic rings. The molecular formula is C19H25N5O3. The Labute approximate surface area is 158 Å². The van der Waals surface area contributed by atoms with Gasteiger partial charge in [0.15, 0.2) is 11.5 Å². The third-order valence-electron chi connectivity index (χ3n) is 4.84. The molecule has 1 aliphatic heterocycles. The molecule has 8 heteroatoms. The van der Waals surface area contributed by atoms with Crippen LogP contribution >= 0.6 is 0 Å². The smallest absolute Gasteiger partial charge is 0.249 e. The lowest BCUT2D eigenvalue weighted by Gasteiger charge is -2.35. The van der Waals surface area contributed by atoms with Gasteiger partial charge in [0.05, 0.1) is 19.7 Å². The van der Waals surface area contributed by atoms with Gasteiger partial charge in [-0.3, -0.25) is 4.79 Å². The van der Waals surface area contributed by atoms with Crippen molar-refractivity contribution in [2.45, 2.75) is 13.8 Å². The second-order valence-electron chi connectivity index (χ2n) is 6.38. The van der Waals surface area contributed by atoms with E-state index < -0.39 is 0 Å². The topological polar surface area (TPSA) is 93.8 Å². The van der Waals surface area contributed by atoms with Gasteiger partial charge in [0.2, 0.25) is 11.9 Å². The lowest BCUT2D eigenvalue weighted by molar-refractivity contribution is -0.127. The number of benzene rings is 1. The van der Waals surface area contributed by atoms with E-state index >= 15 is 0 Å². The minimum atomic E-state index is 0.0768. The lowest BCUT2D eigenvalue weighted by Crippen LogP contribution is -2.49. The number of anilines is 2. The van der Waals surface area contributed by atoms with Gasteiger partial charge >= 0.3 is 0 Å². The molecule has 8 nitrogen and oxygen atoms in total. The molecule has 0 radical (unpaired) electrons. The number of carbonyl (C=O) groups excluding carboxylic acids is 1. The fraction of sp³-hybridized carbons (Fsp3) is 0.421. The highest BCUT2D eigenvalue weighted by Gasteiger charge is 2.24. The maximum Gasteiger partial charge on any atom is 0.249 e. The molecule has 1 aliphatic rings. The van der Waals surface area contributed by atoms with Crippen LogP contribution in [0.2, 0.25) is 0 Å². The number of nitrogen functional groups attached to an aromatic ring is 1. The van der Waals surface area contributed by atoms with E-state index in [-0.39, 0.29) is 5.91 Å². The summed E-state index contributed by atoms with van der Waals surface area (Å²) in [5.74, 6) is 2.19. The Morgan fingerprint density at radius 2 is 1.74 bits per heavy atom. The van der Waals surface area contributed by atoms with Gasteiger partial charge in [-0.15, -0.1) is 0 Å². The van der Waals surface area contributed by atoms with Crippen LogP contribution in [-0.2, 0) is 4.79 Å². The molecule has 1 aromatic heterocycles. The predicted molar refractivity (Wildman–Crippen MR) is 105 cm³/mol. The van der Waals surface area contributed by atoms with Crippen LogP contribution in [0.3, 0.4) is 0 Å². The van der Waals surface area contributed by atoms with Gasteiger partial charge < -0.3 is 25.0 Å². The van der Waals surface area contributed by atoms with Crippen molar-refractivity contribution in [3.8, 4) is 11.5 Å². The zero-order valence-electron chi connectivity index (χ0n) is 16.2. The molecular weight excluding hydrogens is 346 g/mol. The summed E-state index contributed by atoms with van der Waals surface area (Å²) < 4.78 is 10.7. The van der Waals surface area contributed by atoms with E-state index in [1.54, 1.807) is 26.4 Å². The number of rotatable bonds is 4. The van der Waals surface area contributed by atoms with Crippen LogP contribution in [-0.4, -0.2) is 61.2 Å². The summed E-state index contributed by atoms with van der Waals surface area (Å²) in [5.41, 5.74) is 7.62. The minimum Gasteiger partial charge on any atom is -0.493 e. The number of ether oxygens (including phenoxy) is 2. The number of methoxy groups -OCH3 is 2. The van der Waals surface area contributed by atoms with Gasteiger partial charge in [0, 0.05) is 43.2 Å². The largest absolute Gasteiger partial charge is 0.493 e. The molecule has 2 heterocycles. The van der Waals surface area contributed by atoms with Crippen molar-refractivity contribution in [1.29, 1.82) is 0 Å². The van der Waals surface area contributed by atoms with Crippen LogP contribution in [0.25, 0.3) is 10.9 Å². The average molecular weight is 371 g/mol. The molecule has 1 aromatic carbocycles. The van der Waals surface area contributed by atoms with Gasteiger partial charge in [0.1, 0.15) is 5.82 Å². The molecule has 2 N–H and O–H groups in total. The second kappa shape index (κ2) is 7.69. The summed E-state index contributed by atoms with van der Waals surface area (Å²) in [7, 11) is 3.16. The second-order valence-corrected chi connectivity index (χ2v) is 6.38. The SMILES string of the molecule is C/C=C(\C)C(=O)N1CCN(c2nc(N)c3cc(OC)c(OC)cc3n2)CC1. The first-order chi connectivity index (χ1) is 13.0. The number of piperazine rings is 1. The number of carbonyl (C=O) groups is 1. The van der Waals surface area contributed by atoms with Crippen molar-refractivity contribution in [3.63, 3.8) is 0 Å². The molecule has 0 atom stereocenters. The maximum atomic E-state index is 12.3. The molecule has 1 saturated heterocycles. The monoisotopic (exact) mass is 371 g/mol. The fourth-order valence-electron chi connectivity index (χ4n) is 3.09. The van der Waals surface area contributed by atoms with Crippen LogP contribution in [0.5, 0.6) is 11.5 Å². The zero-order valence-corrected chi connectivity index (χ0v) is 16.2. The number of aromatic nitrogens is 2. The number of nitrogens with zero attached hydrogens (tertiary/aromatic N) is 4. The van der Waals surface area contributed by atoms with Crippen LogP contribution in [0.4, 0.5) is 11.8 Å². The number of hydrogen-bond acceptors (Lipinski definition) is 7. The Balaban J connectivity index is 1.85. The van der Waals surface area contributed by atoms with Gasteiger partial charge in [-0.05, 0) is 19.9 Å². The van der Waals surface area contributed by atoms with Crippen LogP contribution in [0.1, 0.15) is 13.8 Å². The van der Waals surface area contributed by atoms with Crippen molar-refractivity contribution in [3.05, 3.63) is 23.8 Å². The molecule has 3 rings (SSSR count). The van der Waals surface area contributed by atoms with Crippen molar-refractivity contribution in [1.82, 2.24) is 14.9 Å². The van der Waals surface area contributed by atoms with Crippen molar-refractivity contribution in [2.24, 2.45) is 0 Å². The molecule has 0 unspecified atom stereocenters. The highest BCUT2D eigenvalue weighted by molar-refractivity contribution is 5.93. The Hall–Kier alpha value is -3.03. The minimum absolute atomic E-state index is 0.0768. The van der Waals surface area contributed by atoms with E-state index in [0.29, 0.717) is 60.3 Å². The van der Waals surface area contributed by atoms with Gasteiger partial charge in [-0.25, -0.2) is 4.98 Å². The van der Waals surface area contributed by atoms with E-state index in [9.17, 15) is 4.79 Å². The number of hydrogen-bond donors (Lipinski definition) is 1. The van der Waals surface area contributed by atoms with Crippen LogP contribution in [0.15, 0.2) is 23.8 Å². The van der Waals surface area contributed by atoms with Gasteiger partial charge in [-0.2, -0.15) is 4.98 Å². The summed E-state index contributed by atoms with van der Waals surface area (Å²) in [6.45, 7) is 6.26. The molecule has 144 valence electrons. The quantitative estimate of drug-likeness (QED) is 0.820. The van der Waals surface area contributed by atoms with E-state index in [1.807, 2.05) is 29.7 Å². The Morgan fingerprint density at radius 1 is 1.11 bits per heavy atom. The summed E-state index contributed by atoms with van der Waals surface area (Å²) in [4.78, 5) is 25.3. The third kappa shape index (κ3) is 3.60. The van der Waals surface area contributed by atoms with Crippen LogP contribution < -0.4 is 20.1 Å². The fourth-order valence-corrected chi connectivity index (χ4v) is 3.09. The van der Waals surface area contributed by atoms with E-state index in [2.05, 4.69) is 9.97 Å². The number of amides is 1. The molecule has 0 saturated carbocycles. The summed E-state index contributed by atoms with van der Waals surface area (Å²) in [5, 5.41) is 0.717. The summed E-state index contributed by atoms with van der Waals surface area (Å²) in [6.07, 6.45) is 1.84. The molecule has 1 fully saturated rings. The highest BCUT2D eigenvalue weighted by atomic mass is 16.5. The summed E-state index contributed by atoms with van der Waals surface area (Å²) >= 11 is 0. The lowest BCUT2D eigenvalue weighted by atomic mass is 10.2. The van der Waals surface area contributed by atoms with Crippen molar-refractivity contribution >= 4 is 28.6 Å². The van der Waals surface area contributed by atoms with E-state index in [0.717, 1.165) is 5.57 Å². The third-order valence-corrected chi connectivity index (χ3v) is 4.84. The van der Waals surface area contributed by atoms with E-state index in [1.165, 1.54) is 0 Å². The molecule has 1 amide bonds. The summed E-state index contributed by atoms with van der Waals surface area (Å²) in [6, 6.07) is 3.58. The van der Waals surface area contributed by atoms with Gasteiger partial charge in [0.25, 0.3) is 0 Å². The molecule has 0 aliphatic carbocycles. The Morgan fingerprint density at radius 3 is 2.33 bits per heavy atom. The highest BCUT2D eigenvalue weighted by Crippen LogP contribution is 2.34. The first-order valence-electron chi connectivity index (χ1n) is 8.84. The normalized spacial score (nSPS) is 15.2. The predicted octanol–water partition coefficient (Wildman–Crippen LogP) is 1.84. The van der Waals surface area contributed by atoms with Crippen LogP contribution in [0, 0.1) is 0 Å². The molecule has 27 heavy (non-hydrogen) atoms. The van der Waals surface area contributed by atoms with Crippen molar-refractivity contribution < 1.29 is 14.3 Å². The van der Waals surface area contributed by atoms with E-state index in [4.69, 9.17) is 15.2 Å². The number of fused-ring (bicyclic) bond motifs is 1. The Kier molecular flexibility index (Phi) is 5.34. The maximum absolute atomic E-state index is 12.3. The Bertz CT molecular complexity index is 889. The molecule has 0 bridgehead atoms. The number of nitrogens with two attached hydrogens (primary N) is 1. The van der Waals surface area contributed by atoms with Crippen molar-refractivity contribution in [2.75, 3.05) is 51.0 Å². The number of allylic oxidation sites excluding steroid dienone is 1.